The molecule has 0 aromatic heterocycles. The van der Waals surface area contributed by atoms with Crippen molar-refractivity contribution in [1.29, 1.82) is 0 Å². The number of benzene rings is 1. The molecule has 0 radical (unpaired) electrons. The molecule has 0 aliphatic carbocycles. The van der Waals surface area contributed by atoms with Crippen LogP contribution >= 0.6 is 0 Å². The third-order valence-corrected chi connectivity index (χ3v) is 2.67. The maximum absolute atomic E-state index is 11.3. The molecule has 0 aliphatic rings. The van der Waals surface area contributed by atoms with E-state index in [0.29, 0.717) is 24.2 Å². The van der Waals surface area contributed by atoms with E-state index in [2.05, 4.69) is 6.58 Å². The van der Waals surface area contributed by atoms with Gasteiger partial charge in [-0.3, -0.25) is 4.79 Å². The highest BCUT2D eigenvalue weighted by molar-refractivity contribution is 5.87. The molecule has 0 heterocycles. The van der Waals surface area contributed by atoms with Gasteiger partial charge in [-0.25, -0.2) is 4.79 Å². The monoisotopic (exact) mass is 246 g/mol. The summed E-state index contributed by atoms with van der Waals surface area (Å²) in [6, 6.07) is 7.46. The van der Waals surface area contributed by atoms with Crippen LogP contribution < -0.4 is 0 Å². The van der Waals surface area contributed by atoms with Gasteiger partial charge in [0, 0.05) is 11.1 Å². The molecular formula is C15H18O3. The lowest BCUT2D eigenvalue weighted by Crippen LogP contribution is -2.07. The Bertz CT molecular complexity index is 435. The molecule has 1 aromatic rings. The largest absolute Gasteiger partial charge is 0.463 e. The second-order valence-corrected chi connectivity index (χ2v) is 3.99. The zero-order valence-electron chi connectivity index (χ0n) is 10.6. The molecule has 0 amide bonds. The second kappa shape index (κ2) is 7.43. The molecule has 3 nitrogen and oxygen atoms in total. The van der Waals surface area contributed by atoms with Crippen molar-refractivity contribution in [2.45, 2.75) is 26.2 Å². The minimum absolute atomic E-state index is 0.332. The number of carbonyl (C=O) groups is 2. The first-order valence-electron chi connectivity index (χ1n) is 6.07. The molecule has 0 aliphatic heterocycles. The highest BCUT2D eigenvalue weighted by Crippen LogP contribution is 2.13. The van der Waals surface area contributed by atoms with Gasteiger partial charge in [0.15, 0.2) is 0 Å². The summed E-state index contributed by atoms with van der Waals surface area (Å²) >= 11 is 0. The van der Waals surface area contributed by atoms with E-state index < -0.39 is 0 Å². The first-order valence-corrected chi connectivity index (χ1v) is 6.07. The summed E-state index contributed by atoms with van der Waals surface area (Å²) in [6.45, 7) is 5.84. The number of aryl methyl sites for hydroxylation is 1. The van der Waals surface area contributed by atoms with Crippen molar-refractivity contribution in [1.82, 2.24) is 0 Å². The van der Waals surface area contributed by atoms with Crippen LogP contribution in [0.25, 0.3) is 0 Å². The smallest absolute Gasteiger partial charge is 0.333 e. The molecule has 0 saturated carbocycles. The van der Waals surface area contributed by atoms with Crippen LogP contribution in [0.5, 0.6) is 0 Å². The van der Waals surface area contributed by atoms with Crippen LogP contribution in [0.3, 0.4) is 0 Å². The van der Waals surface area contributed by atoms with Crippen LogP contribution in [-0.2, 0) is 16.0 Å². The predicted molar refractivity (Wildman–Crippen MR) is 70.5 cm³/mol. The van der Waals surface area contributed by atoms with Gasteiger partial charge in [0.25, 0.3) is 0 Å². The van der Waals surface area contributed by atoms with Gasteiger partial charge in [-0.2, -0.15) is 0 Å². The lowest BCUT2D eigenvalue weighted by atomic mass is 10.0. The van der Waals surface area contributed by atoms with Crippen molar-refractivity contribution in [3.05, 3.63) is 47.5 Å². The number of aldehydes is 1. The summed E-state index contributed by atoms with van der Waals surface area (Å²) in [7, 11) is 0. The van der Waals surface area contributed by atoms with Crippen molar-refractivity contribution in [2.75, 3.05) is 6.61 Å². The fraction of sp³-hybridized carbons (Fsp3) is 0.333. The van der Waals surface area contributed by atoms with Gasteiger partial charge in [-0.15, -0.1) is 0 Å². The molecule has 1 aromatic carbocycles. The summed E-state index contributed by atoms with van der Waals surface area (Å²) in [6.07, 6.45) is 2.98. The predicted octanol–water partition coefficient (Wildman–Crippen LogP) is 2.94. The van der Waals surface area contributed by atoms with Gasteiger partial charge >= 0.3 is 5.97 Å². The van der Waals surface area contributed by atoms with Gasteiger partial charge in [0.2, 0.25) is 0 Å². The zero-order chi connectivity index (χ0) is 13.4. The first kappa shape index (κ1) is 14.2. The molecule has 0 N–H and O–H groups in total. The molecule has 0 bridgehead atoms. The van der Waals surface area contributed by atoms with Crippen LogP contribution in [-0.4, -0.2) is 18.9 Å². The van der Waals surface area contributed by atoms with Crippen molar-refractivity contribution in [3.8, 4) is 0 Å². The van der Waals surface area contributed by atoms with E-state index in [1.165, 1.54) is 0 Å². The van der Waals surface area contributed by atoms with Gasteiger partial charge < -0.3 is 4.74 Å². The summed E-state index contributed by atoms with van der Waals surface area (Å²) < 4.78 is 4.86. The quantitative estimate of drug-likeness (QED) is 0.422. The number of hydrogen-bond donors (Lipinski definition) is 0. The normalized spacial score (nSPS) is 9.83. The molecule has 0 fully saturated rings. The molecule has 3 heteroatoms. The first-order chi connectivity index (χ1) is 8.69. The average Bonchev–Trinajstić information content (AvgIpc) is 2.39. The van der Waals surface area contributed by atoms with Crippen LogP contribution in [0.1, 0.15) is 35.7 Å². The van der Waals surface area contributed by atoms with E-state index in [1.807, 2.05) is 18.2 Å². The number of rotatable bonds is 7. The zero-order valence-corrected chi connectivity index (χ0v) is 10.6. The van der Waals surface area contributed by atoms with Gasteiger partial charge in [0.05, 0.1) is 6.61 Å². The average molecular weight is 246 g/mol. The molecule has 96 valence electrons. The molecule has 0 unspecified atom stereocenters. The van der Waals surface area contributed by atoms with E-state index in [9.17, 15) is 9.59 Å². The van der Waals surface area contributed by atoms with Gasteiger partial charge in [0.1, 0.15) is 6.29 Å². The SMILES string of the molecule is C=C(CCCc1ccccc1C=O)C(=O)OCC. The van der Waals surface area contributed by atoms with E-state index in [-0.39, 0.29) is 5.97 Å². The Morgan fingerprint density at radius 3 is 2.78 bits per heavy atom. The van der Waals surface area contributed by atoms with E-state index >= 15 is 0 Å². The highest BCUT2D eigenvalue weighted by Gasteiger charge is 2.08. The van der Waals surface area contributed by atoms with E-state index in [0.717, 1.165) is 24.7 Å². The summed E-state index contributed by atoms with van der Waals surface area (Å²) in [5.74, 6) is -0.332. The summed E-state index contributed by atoms with van der Waals surface area (Å²) in [4.78, 5) is 22.2. The molecule has 0 spiro atoms. The maximum atomic E-state index is 11.3. The van der Waals surface area contributed by atoms with Crippen LogP contribution in [0.2, 0.25) is 0 Å². The Morgan fingerprint density at radius 1 is 1.39 bits per heavy atom. The lowest BCUT2D eigenvalue weighted by Gasteiger charge is -2.06. The van der Waals surface area contributed by atoms with Crippen LogP contribution in [0, 0.1) is 0 Å². The number of ether oxygens (including phenoxy) is 1. The number of esters is 1. The number of carbonyl (C=O) groups excluding carboxylic acids is 2. The summed E-state index contributed by atoms with van der Waals surface area (Å²) in [5, 5.41) is 0. The summed E-state index contributed by atoms with van der Waals surface area (Å²) in [5.41, 5.74) is 2.20. The molecule has 0 atom stereocenters. The molecular weight excluding hydrogens is 228 g/mol. The second-order valence-electron chi connectivity index (χ2n) is 3.99. The van der Waals surface area contributed by atoms with Gasteiger partial charge in [-0.05, 0) is 31.7 Å². The Balaban J connectivity index is 2.44. The standard InChI is InChI=1S/C15H18O3/c1-3-18-15(17)12(2)7-6-10-13-8-4-5-9-14(13)11-16/h4-5,8-9,11H,2-3,6-7,10H2,1H3. The van der Waals surface area contributed by atoms with Gasteiger partial charge in [-0.1, -0.05) is 30.8 Å². The van der Waals surface area contributed by atoms with Crippen LogP contribution in [0.15, 0.2) is 36.4 Å². The Labute approximate surface area is 107 Å². The Kier molecular flexibility index (Phi) is 5.85. The van der Waals surface area contributed by atoms with Crippen LogP contribution in [0.4, 0.5) is 0 Å². The third-order valence-electron chi connectivity index (χ3n) is 2.67. The number of hydrogen-bond acceptors (Lipinski definition) is 3. The minimum Gasteiger partial charge on any atom is -0.463 e. The Hall–Kier alpha value is -1.90. The lowest BCUT2D eigenvalue weighted by molar-refractivity contribution is -0.138. The van der Waals surface area contributed by atoms with Crippen molar-refractivity contribution < 1.29 is 14.3 Å². The van der Waals surface area contributed by atoms with Crippen molar-refractivity contribution in [2.24, 2.45) is 0 Å². The minimum atomic E-state index is -0.332. The van der Waals surface area contributed by atoms with Crippen molar-refractivity contribution >= 4 is 12.3 Å². The highest BCUT2D eigenvalue weighted by atomic mass is 16.5. The van der Waals surface area contributed by atoms with E-state index in [1.54, 1.807) is 13.0 Å². The maximum Gasteiger partial charge on any atom is 0.333 e. The Morgan fingerprint density at radius 2 is 2.11 bits per heavy atom. The molecule has 18 heavy (non-hydrogen) atoms. The topological polar surface area (TPSA) is 43.4 Å². The van der Waals surface area contributed by atoms with Crippen molar-refractivity contribution in [3.63, 3.8) is 0 Å². The fourth-order valence-electron chi connectivity index (χ4n) is 1.70. The molecule has 1 rings (SSSR count). The third kappa shape index (κ3) is 4.17. The fourth-order valence-corrected chi connectivity index (χ4v) is 1.70. The molecule has 0 saturated heterocycles. The van der Waals surface area contributed by atoms with E-state index in [4.69, 9.17) is 4.74 Å².